The molecular formula is C7H10N4O2. The molecule has 1 aromatic rings. The largest absolute Gasteiger partial charge is 0.481 e. The van der Waals surface area contributed by atoms with Crippen LogP contribution >= 0.6 is 0 Å². The van der Waals surface area contributed by atoms with E-state index in [-0.39, 0.29) is 6.03 Å². The van der Waals surface area contributed by atoms with Gasteiger partial charge in [-0.2, -0.15) is 0 Å². The molecule has 1 heterocycles. The Hall–Kier alpha value is -1.85. The molecule has 0 radical (unpaired) electrons. The first-order valence-corrected chi connectivity index (χ1v) is 3.61. The number of urea groups is 1. The zero-order chi connectivity index (χ0) is 9.68. The second-order valence-electron chi connectivity index (χ2n) is 2.15. The van der Waals surface area contributed by atoms with Crippen LogP contribution < -0.4 is 15.4 Å². The van der Waals surface area contributed by atoms with Crippen LogP contribution in [0.15, 0.2) is 12.4 Å². The lowest BCUT2D eigenvalue weighted by atomic mass is 10.5. The first-order valence-electron chi connectivity index (χ1n) is 3.61. The zero-order valence-corrected chi connectivity index (χ0v) is 7.37. The standard InChI is InChI=1S/C7H10N4O2/c1-8-7(12)11-5-3-6(13-2)10-4-9-5/h3-4H,1-2H3,(H2,8,9,10,11,12). The van der Waals surface area contributed by atoms with E-state index in [2.05, 4.69) is 20.6 Å². The molecule has 0 fully saturated rings. The number of aromatic nitrogens is 2. The number of methoxy groups -OCH3 is 1. The number of amides is 2. The molecule has 6 nitrogen and oxygen atoms in total. The fourth-order valence-corrected chi connectivity index (χ4v) is 0.698. The molecule has 0 unspecified atom stereocenters. The van der Waals surface area contributed by atoms with E-state index < -0.39 is 0 Å². The van der Waals surface area contributed by atoms with E-state index in [1.165, 1.54) is 26.6 Å². The zero-order valence-electron chi connectivity index (χ0n) is 7.37. The summed E-state index contributed by atoms with van der Waals surface area (Å²) in [7, 11) is 3.01. The number of rotatable bonds is 2. The van der Waals surface area contributed by atoms with Crippen LogP contribution in [0.2, 0.25) is 0 Å². The Kier molecular flexibility index (Phi) is 3.02. The van der Waals surface area contributed by atoms with Crippen molar-refractivity contribution in [2.75, 3.05) is 19.5 Å². The maximum absolute atomic E-state index is 10.9. The van der Waals surface area contributed by atoms with Gasteiger partial charge in [0.2, 0.25) is 5.88 Å². The molecule has 0 saturated carbocycles. The Morgan fingerprint density at radius 1 is 1.54 bits per heavy atom. The number of carbonyl (C=O) groups is 1. The third-order valence-corrected chi connectivity index (χ3v) is 1.32. The highest BCUT2D eigenvalue weighted by Crippen LogP contribution is 2.09. The van der Waals surface area contributed by atoms with Crippen molar-refractivity contribution in [1.82, 2.24) is 15.3 Å². The summed E-state index contributed by atoms with van der Waals surface area (Å²) in [6.45, 7) is 0. The minimum absolute atomic E-state index is 0.333. The third-order valence-electron chi connectivity index (χ3n) is 1.32. The number of nitrogens with one attached hydrogen (secondary N) is 2. The molecule has 0 aromatic carbocycles. The highest BCUT2D eigenvalue weighted by Gasteiger charge is 2.01. The smallest absolute Gasteiger partial charge is 0.320 e. The average molecular weight is 182 g/mol. The number of nitrogens with zero attached hydrogens (tertiary/aromatic N) is 2. The van der Waals surface area contributed by atoms with Crippen LogP contribution in [0.1, 0.15) is 0 Å². The fourth-order valence-electron chi connectivity index (χ4n) is 0.698. The van der Waals surface area contributed by atoms with Crippen molar-refractivity contribution in [3.8, 4) is 5.88 Å². The predicted octanol–water partition coefficient (Wildman–Crippen LogP) is 0.236. The van der Waals surface area contributed by atoms with E-state index in [4.69, 9.17) is 4.74 Å². The average Bonchev–Trinajstić information content (AvgIpc) is 2.18. The van der Waals surface area contributed by atoms with E-state index in [0.29, 0.717) is 11.7 Å². The molecule has 70 valence electrons. The minimum Gasteiger partial charge on any atom is -0.481 e. The van der Waals surface area contributed by atoms with Crippen molar-refractivity contribution in [2.24, 2.45) is 0 Å². The second-order valence-corrected chi connectivity index (χ2v) is 2.15. The highest BCUT2D eigenvalue weighted by molar-refractivity contribution is 5.87. The van der Waals surface area contributed by atoms with Crippen LogP contribution in [0.5, 0.6) is 5.88 Å². The summed E-state index contributed by atoms with van der Waals surface area (Å²) in [5, 5.41) is 4.88. The maximum Gasteiger partial charge on any atom is 0.320 e. The molecule has 0 aliphatic rings. The number of hydrogen-bond donors (Lipinski definition) is 2. The third kappa shape index (κ3) is 2.58. The fraction of sp³-hybridized carbons (Fsp3) is 0.286. The van der Waals surface area contributed by atoms with Crippen molar-refractivity contribution in [3.05, 3.63) is 12.4 Å². The second kappa shape index (κ2) is 4.24. The first kappa shape index (κ1) is 9.24. The molecule has 0 spiro atoms. The Morgan fingerprint density at radius 2 is 2.31 bits per heavy atom. The van der Waals surface area contributed by atoms with Gasteiger partial charge in [-0.25, -0.2) is 14.8 Å². The van der Waals surface area contributed by atoms with E-state index >= 15 is 0 Å². The predicted molar refractivity (Wildman–Crippen MR) is 46.7 cm³/mol. The normalized spacial score (nSPS) is 9.08. The molecule has 2 amide bonds. The van der Waals surface area contributed by atoms with Gasteiger partial charge >= 0.3 is 6.03 Å². The van der Waals surface area contributed by atoms with Crippen LogP contribution in [0, 0.1) is 0 Å². The van der Waals surface area contributed by atoms with Gasteiger partial charge in [-0.15, -0.1) is 0 Å². The van der Waals surface area contributed by atoms with E-state index in [9.17, 15) is 4.79 Å². The van der Waals surface area contributed by atoms with E-state index in [0.717, 1.165) is 0 Å². The van der Waals surface area contributed by atoms with Crippen molar-refractivity contribution in [3.63, 3.8) is 0 Å². The van der Waals surface area contributed by atoms with Gasteiger partial charge in [-0.3, -0.25) is 5.32 Å². The lowest BCUT2D eigenvalue weighted by molar-refractivity contribution is 0.254. The van der Waals surface area contributed by atoms with Crippen molar-refractivity contribution in [1.29, 1.82) is 0 Å². The quantitative estimate of drug-likeness (QED) is 0.686. The van der Waals surface area contributed by atoms with Crippen LogP contribution in [-0.4, -0.2) is 30.2 Å². The Labute approximate surface area is 75.3 Å². The van der Waals surface area contributed by atoms with E-state index in [1.807, 2.05) is 0 Å². The van der Waals surface area contributed by atoms with Gasteiger partial charge in [0.15, 0.2) is 0 Å². The summed E-state index contributed by atoms with van der Waals surface area (Å²) in [4.78, 5) is 18.5. The first-order chi connectivity index (χ1) is 6.26. The number of carbonyl (C=O) groups excluding carboxylic acids is 1. The van der Waals surface area contributed by atoms with Gasteiger partial charge in [-0.1, -0.05) is 0 Å². The van der Waals surface area contributed by atoms with Crippen LogP contribution in [0.3, 0.4) is 0 Å². The molecule has 0 aliphatic heterocycles. The summed E-state index contributed by atoms with van der Waals surface area (Å²) < 4.78 is 4.85. The molecular weight excluding hydrogens is 172 g/mol. The SMILES string of the molecule is CNC(=O)Nc1cc(OC)ncn1. The lowest BCUT2D eigenvalue weighted by Gasteiger charge is -2.03. The Morgan fingerprint density at radius 3 is 2.92 bits per heavy atom. The Balaban J connectivity index is 2.71. The highest BCUT2D eigenvalue weighted by atomic mass is 16.5. The lowest BCUT2D eigenvalue weighted by Crippen LogP contribution is -2.24. The molecule has 1 aromatic heterocycles. The van der Waals surface area contributed by atoms with Crippen molar-refractivity contribution < 1.29 is 9.53 Å². The summed E-state index contributed by atoms with van der Waals surface area (Å²) in [5.74, 6) is 0.799. The molecule has 0 saturated heterocycles. The topological polar surface area (TPSA) is 76.1 Å². The molecule has 1 rings (SSSR count). The van der Waals surface area contributed by atoms with Gasteiger partial charge < -0.3 is 10.1 Å². The molecule has 6 heteroatoms. The van der Waals surface area contributed by atoms with Gasteiger partial charge in [0.05, 0.1) is 7.11 Å². The van der Waals surface area contributed by atoms with Crippen LogP contribution in [0.4, 0.5) is 10.6 Å². The van der Waals surface area contributed by atoms with Gasteiger partial charge in [0.1, 0.15) is 12.1 Å². The van der Waals surface area contributed by atoms with Crippen LogP contribution in [0.25, 0.3) is 0 Å². The molecule has 0 atom stereocenters. The van der Waals surface area contributed by atoms with Gasteiger partial charge in [0, 0.05) is 13.1 Å². The van der Waals surface area contributed by atoms with Gasteiger partial charge in [0.25, 0.3) is 0 Å². The number of ether oxygens (including phenoxy) is 1. The molecule has 2 N–H and O–H groups in total. The van der Waals surface area contributed by atoms with Gasteiger partial charge in [-0.05, 0) is 0 Å². The summed E-state index contributed by atoms with van der Waals surface area (Å²) in [5.41, 5.74) is 0. The summed E-state index contributed by atoms with van der Waals surface area (Å²) in [6.07, 6.45) is 1.31. The summed E-state index contributed by atoms with van der Waals surface area (Å²) in [6, 6.07) is 1.19. The van der Waals surface area contributed by atoms with Crippen LogP contribution in [-0.2, 0) is 0 Å². The Bertz CT molecular complexity index is 302. The van der Waals surface area contributed by atoms with E-state index in [1.54, 1.807) is 0 Å². The maximum atomic E-state index is 10.9. The minimum atomic E-state index is -0.333. The number of anilines is 1. The van der Waals surface area contributed by atoms with Crippen molar-refractivity contribution >= 4 is 11.8 Å². The molecule has 0 bridgehead atoms. The number of hydrogen-bond acceptors (Lipinski definition) is 4. The van der Waals surface area contributed by atoms with Crippen molar-refractivity contribution in [2.45, 2.75) is 0 Å². The molecule has 13 heavy (non-hydrogen) atoms. The summed E-state index contributed by atoms with van der Waals surface area (Å²) >= 11 is 0. The molecule has 0 aliphatic carbocycles. The monoisotopic (exact) mass is 182 g/mol.